The fourth-order valence-corrected chi connectivity index (χ4v) is 2.66. The van der Waals surface area contributed by atoms with Gasteiger partial charge in [-0.15, -0.1) is 0 Å². The van der Waals surface area contributed by atoms with Crippen molar-refractivity contribution in [3.63, 3.8) is 0 Å². The summed E-state index contributed by atoms with van der Waals surface area (Å²) in [7, 11) is 0. The van der Waals surface area contributed by atoms with E-state index >= 15 is 0 Å². The Morgan fingerprint density at radius 1 is 0.875 bits per heavy atom. The monoisotopic (exact) mass is 314 g/mol. The van der Waals surface area contributed by atoms with Gasteiger partial charge in [-0.2, -0.15) is 0 Å². The first-order valence-corrected chi connectivity index (χ1v) is 7.58. The van der Waals surface area contributed by atoms with Gasteiger partial charge in [-0.25, -0.2) is 4.98 Å². The van der Waals surface area contributed by atoms with E-state index in [0.29, 0.717) is 22.4 Å². The first-order chi connectivity index (χ1) is 11.7. The number of aromatic nitrogens is 1. The van der Waals surface area contributed by atoms with Crippen LogP contribution in [0.15, 0.2) is 77.2 Å². The number of nitrogens with zero attached hydrogens (tertiary/aromatic N) is 1. The minimum absolute atomic E-state index is 0.133. The molecule has 0 saturated carbocycles. The molecule has 2 heterocycles. The molecule has 0 saturated heterocycles. The first kappa shape index (κ1) is 14.2. The zero-order valence-corrected chi connectivity index (χ0v) is 12.8. The minimum Gasteiger partial charge on any atom is -0.432 e. The van der Waals surface area contributed by atoms with E-state index < -0.39 is 0 Å². The Hall–Kier alpha value is -3.40. The third-order valence-electron chi connectivity index (χ3n) is 3.91. The van der Waals surface area contributed by atoms with Gasteiger partial charge in [-0.1, -0.05) is 60.7 Å². The van der Waals surface area contributed by atoms with Crippen molar-refractivity contribution in [2.45, 2.75) is 0 Å². The predicted octanol–water partition coefficient (Wildman–Crippen LogP) is 4.31. The van der Waals surface area contributed by atoms with Crippen LogP contribution < -0.4 is 5.73 Å². The van der Waals surface area contributed by atoms with Crippen molar-refractivity contribution in [2.75, 3.05) is 5.73 Å². The van der Waals surface area contributed by atoms with Gasteiger partial charge in [-0.05, 0) is 12.1 Å². The Bertz CT molecular complexity index is 1020. The second kappa shape index (κ2) is 5.66. The van der Waals surface area contributed by atoms with Crippen molar-refractivity contribution in [3.8, 4) is 11.3 Å². The molecule has 4 aromatic rings. The number of hydrogen-bond donors (Lipinski definition) is 1. The molecule has 4 heteroatoms. The summed E-state index contributed by atoms with van der Waals surface area (Å²) in [5.74, 6) is -0.110. The molecule has 0 atom stereocenters. The fourth-order valence-electron chi connectivity index (χ4n) is 2.66. The van der Waals surface area contributed by atoms with Crippen LogP contribution in [0.3, 0.4) is 0 Å². The highest BCUT2D eigenvalue weighted by molar-refractivity contribution is 6.14. The van der Waals surface area contributed by atoms with E-state index in [2.05, 4.69) is 4.98 Å². The van der Waals surface area contributed by atoms with Gasteiger partial charge >= 0.3 is 0 Å². The number of rotatable bonds is 3. The number of furan rings is 1. The highest BCUT2D eigenvalue weighted by Crippen LogP contribution is 2.31. The van der Waals surface area contributed by atoms with E-state index in [9.17, 15) is 4.79 Å². The van der Waals surface area contributed by atoms with Crippen LogP contribution in [-0.2, 0) is 0 Å². The Labute approximate surface area is 138 Å². The average Bonchev–Trinajstić information content (AvgIpc) is 2.99. The van der Waals surface area contributed by atoms with Crippen molar-refractivity contribution < 1.29 is 9.21 Å². The lowest BCUT2D eigenvalue weighted by molar-refractivity contribution is 0.101. The molecule has 0 amide bonds. The number of pyridine rings is 1. The van der Waals surface area contributed by atoms with Crippen molar-refractivity contribution >= 4 is 22.6 Å². The van der Waals surface area contributed by atoms with Crippen LogP contribution in [0.1, 0.15) is 16.1 Å². The highest BCUT2D eigenvalue weighted by Gasteiger charge is 2.21. The van der Waals surface area contributed by atoms with Gasteiger partial charge < -0.3 is 10.2 Å². The molecule has 4 nitrogen and oxygen atoms in total. The van der Waals surface area contributed by atoms with Crippen molar-refractivity contribution in [1.82, 2.24) is 4.98 Å². The van der Waals surface area contributed by atoms with Crippen LogP contribution in [0, 0.1) is 0 Å². The van der Waals surface area contributed by atoms with E-state index in [1.54, 1.807) is 24.3 Å². The first-order valence-electron chi connectivity index (χ1n) is 7.58. The van der Waals surface area contributed by atoms with Crippen LogP contribution in [0.4, 0.5) is 5.69 Å². The molecule has 4 rings (SSSR count). The number of anilines is 1. The van der Waals surface area contributed by atoms with Crippen molar-refractivity contribution in [3.05, 3.63) is 84.1 Å². The van der Waals surface area contributed by atoms with E-state index in [4.69, 9.17) is 10.2 Å². The topological polar surface area (TPSA) is 69.1 Å². The average molecular weight is 314 g/mol. The number of benzene rings is 2. The Morgan fingerprint density at radius 3 is 2.25 bits per heavy atom. The van der Waals surface area contributed by atoms with Crippen LogP contribution in [-0.4, -0.2) is 10.8 Å². The van der Waals surface area contributed by atoms with Crippen LogP contribution >= 0.6 is 0 Å². The summed E-state index contributed by atoms with van der Waals surface area (Å²) < 4.78 is 5.69. The van der Waals surface area contributed by atoms with Crippen molar-refractivity contribution in [2.24, 2.45) is 0 Å². The molecule has 2 aromatic carbocycles. The smallest absolute Gasteiger partial charge is 0.230 e. The molecule has 0 bridgehead atoms. The maximum Gasteiger partial charge on any atom is 0.230 e. The number of fused-ring (bicyclic) bond motifs is 1. The molecule has 0 aliphatic heterocycles. The summed E-state index contributed by atoms with van der Waals surface area (Å²) in [6.45, 7) is 0. The van der Waals surface area contributed by atoms with Gasteiger partial charge in [0.05, 0.1) is 16.8 Å². The van der Waals surface area contributed by atoms with Crippen LogP contribution in [0.2, 0.25) is 0 Å². The quantitative estimate of drug-likeness (QED) is 0.572. The lowest BCUT2D eigenvalue weighted by atomic mass is 10.1. The van der Waals surface area contributed by atoms with E-state index in [1.807, 2.05) is 48.5 Å². The molecule has 0 aliphatic carbocycles. The van der Waals surface area contributed by atoms with Gasteiger partial charge in [0.2, 0.25) is 17.3 Å². The van der Waals surface area contributed by atoms with Crippen molar-refractivity contribution in [1.29, 1.82) is 0 Å². The number of carbonyl (C=O) groups is 1. The summed E-state index contributed by atoms with van der Waals surface area (Å²) in [4.78, 5) is 17.1. The SMILES string of the molecule is Nc1c(C(=O)c2ccccc2)oc2nc(-c3ccccc3)ccc12. The minimum atomic E-state index is -0.243. The molecule has 0 spiro atoms. The number of nitrogens with two attached hydrogens (primary N) is 1. The van der Waals surface area contributed by atoms with Gasteiger partial charge in [0.25, 0.3) is 0 Å². The number of hydrogen-bond acceptors (Lipinski definition) is 4. The zero-order chi connectivity index (χ0) is 16.5. The molecular formula is C20H14N2O2. The van der Waals surface area contributed by atoms with Crippen LogP contribution in [0.5, 0.6) is 0 Å². The van der Waals surface area contributed by atoms with Gasteiger partial charge in [-0.3, -0.25) is 4.79 Å². The second-order valence-corrected chi connectivity index (χ2v) is 5.46. The van der Waals surface area contributed by atoms with Gasteiger partial charge in [0.1, 0.15) is 0 Å². The molecule has 0 aliphatic rings. The highest BCUT2D eigenvalue weighted by atomic mass is 16.4. The summed E-state index contributed by atoms with van der Waals surface area (Å²) in [5, 5.41) is 0.647. The summed E-state index contributed by atoms with van der Waals surface area (Å²) >= 11 is 0. The number of ketones is 1. The number of carbonyl (C=O) groups excluding carboxylic acids is 1. The Balaban J connectivity index is 1.82. The number of nitrogen functional groups attached to an aromatic ring is 1. The summed E-state index contributed by atoms with van der Waals surface area (Å²) in [6.07, 6.45) is 0. The molecule has 116 valence electrons. The molecule has 0 fully saturated rings. The van der Waals surface area contributed by atoms with E-state index in [1.165, 1.54) is 0 Å². The normalized spacial score (nSPS) is 10.8. The predicted molar refractivity (Wildman–Crippen MR) is 93.7 cm³/mol. The summed E-state index contributed by atoms with van der Waals surface area (Å²) in [6, 6.07) is 22.4. The van der Waals surface area contributed by atoms with Gasteiger partial charge in [0, 0.05) is 11.1 Å². The molecule has 24 heavy (non-hydrogen) atoms. The van der Waals surface area contributed by atoms with E-state index in [0.717, 1.165) is 11.3 Å². The third-order valence-corrected chi connectivity index (χ3v) is 3.91. The standard InChI is InChI=1S/C20H14N2O2/c21-17-15-11-12-16(13-7-3-1-4-8-13)22-20(15)24-19(17)18(23)14-9-5-2-6-10-14/h1-12H,21H2. The Kier molecular flexibility index (Phi) is 3.35. The second-order valence-electron chi connectivity index (χ2n) is 5.46. The Morgan fingerprint density at radius 2 is 1.54 bits per heavy atom. The lowest BCUT2D eigenvalue weighted by Crippen LogP contribution is -2.02. The van der Waals surface area contributed by atoms with E-state index in [-0.39, 0.29) is 11.5 Å². The fraction of sp³-hybridized carbons (Fsp3) is 0. The summed E-state index contributed by atoms with van der Waals surface area (Å²) in [5.41, 5.74) is 9.09. The third kappa shape index (κ3) is 2.34. The largest absolute Gasteiger partial charge is 0.432 e. The maximum absolute atomic E-state index is 12.6. The maximum atomic E-state index is 12.6. The van der Waals surface area contributed by atoms with Gasteiger partial charge in [0.15, 0.2) is 0 Å². The molecule has 2 N–H and O–H groups in total. The lowest BCUT2D eigenvalue weighted by Gasteiger charge is -1.99. The molecule has 0 unspecified atom stereocenters. The molecule has 2 aromatic heterocycles. The zero-order valence-electron chi connectivity index (χ0n) is 12.8. The molecule has 0 radical (unpaired) electrons. The van der Waals surface area contributed by atoms with Crippen LogP contribution in [0.25, 0.3) is 22.4 Å². The molecular weight excluding hydrogens is 300 g/mol.